The van der Waals surface area contributed by atoms with Crippen LogP contribution in [-0.2, 0) is 9.53 Å². The van der Waals surface area contributed by atoms with Crippen molar-refractivity contribution in [2.45, 2.75) is 38.6 Å². The summed E-state index contributed by atoms with van der Waals surface area (Å²) < 4.78 is 16.2. The number of methoxy groups -OCH3 is 1. The van der Waals surface area contributed by atoms with Gasteiger partial charge in [0, 0.05) is 20.3 Å². The van der Waals surface area contributed by atoms with Gasteiger partial charge in [-0.25, -0.2) is 0 Å². The largest absolute Gasteiger partial charge is 0.503 e. The Morgan fingerprint density at radius 1 is 1.16 bits per heavy atom. The zero-order valence-electron chi connectivity index (χ0n) is 18.0. The van der Waals surface area contributed by atoms with Crippen molar-refractivity contribution in [1.82, 2.24) is 4.90 Å². The fraction of sp³-hybridized carbons (Fsp3) is 0.417. The van der Waals surface area contributed by atoms with Gasteiger partial charge in [0.25, 0.3) is 5.91 Å². The van der Waals surface area contributed by atoms with Crippen molar-refractivity contribution in [2.24, 2.45) is 0 Å². The number of hydrogen-bond acceptors (Lipinski definition) is 6. The van der Waals surface area contributed by atoms with E-state index in [0.29, 0.717) is 37.5 Å². The predicted molar refractivity (Wildman–Crippen MR) is 115 cm³/mol. The first-order chi connectivity index (χ1) is 15.1. The minimum Gasteiger partial charge on any atom is -0.503 e. The maximum Gasteiger partial charge on any atom is 0.290 e. The molecule has 1 aliphatic heterocycles. The molecule has 1 N–H and O–H groups in total. The Balaban J connectivity index is 1.93. The molecule has 2 aromatic rings. The van der Waals surface area contributed by atoms with Crippen molar-refractivity contribution in [1.29, 1.82) is 0 Å². The molecule has 166 valence electrons. The summed E-state index contributed by atoms with van der Waals surface area (Å²) in [6.45, 7) is 3.52. The second kappa shape index (κ2) is 10.8. The second-order valence-electron chi connectivity index (χ2n) is 7.44. The second-order valence-corrected chi connectivity index (χ2v) is 7.44. The number of carbonyl (C=O) groups is 2. The number of benzene rings is 1. The number of aliphatic hydroxyl groups excluding tert-OH is 1. The molecule has 7 heteroatoms. The Morgan fingerprint density at radius 3 is 2.71 bits per heavy atom. The summed E-state index contributed by atoms with van der Waals surface area (Å²) in [5.41, 5.74) is 0.707. The van der Waals surface area contributed by atoms with Gasteiger partial charge in [-0.2, -0.15) is 0 Å². The van der Waals surface area contributed by atoms with Crippen LogP contribution in [0, 0.1) is 0 Å². The van der Waals surface area contributed by atoms with E-state index < -0.39 is 23.5 Å². The first-order valence-corrected chi connectivity index (χ1v) is 10.6. The molecule has 1 aromatic carbocycles. The molecule has 1 aromatic heterocycles. The van der Waals surface area contributed by atoms with E-state index in [1.807, 2.05) is 24.3 Å². The van der Waals surface area contributed by atoms with Gasteiger partial charge in [0.1, 0.15) is 5.75 Å². The number of aliphatic hydroxyl groups is 1. The normalized spacial score (nSPS) is 16.3. The molecule has 31 heavy (non-hydrogen) atoms. The molecule has 1 atom stereocenters. The van der Waals surface area contributed by atoms with E-state index in [1.54, 1.807) is 13.2 Å². The van der Waals surface area contributed by atoms with Crippen molar-refractivity contribution in [2.75, 3.05) is 26.9 Å². The zero-order valence-corrected chi connectivity index (χ0v) is 18.0. The van der Waals surface area contributed by atoms with Crippen molar-refractivity contribution >= 4 is 11.7 Å². The van der Waals surface area contributed by atoms with E-state index >= 15 is 0 Å². The summed E-state index contributed by atoms with van der Waals surface area (Å²) in [7, 11) is 1.59. The third-order valence-corrected chi connectivity index (χ3v) is 5.23. The molecule has 0 aliphatic carbocycles. The molecule has 0 spiro atoms. The topological polar surface area (TPSA) is 89.2 Å². The molecular formula is C24H29NO6. The summed E-state index contributed by atoms with van der Waals surface area (Å²) in [6.07, 6.45) is 5.10. The molecule has 0 saturated carbocycles. The lowest BCUT2D eigenvalue weighted by Gasteiger charge is -2.27. The molecule has 2 heterocycles. The summed E-state index contributed by atoms with van der Waals surface area (Å²) >= 11 is 0. The quantitative estimate of drug-likeness (QED) is 0.397. The van der Waals surface area contributed by atoms with E-state index in [2.05, 4.69) is 6.92 Å². The summed E-state index contributed by atoms with van der Waals surface area (Å²) in [5.74, 6) is -0.896. The van der Waals surface area contributed by atoms with Gasteiger partial charge in [0.05, 0.1) is 24.5 Å². The van der Waals surface area contributed by atoms with Gasteiger partial charge in [0.15, 0.2) is 11.5 Å². The molecule has 1 aliphatic rings. The first kappa shape index (κ1) is 22.6. The minimum absolute atomic E-state index is 0.0144. The molecule has 0 saturated heterocycles. The SMILES string of the molecule is CCCCCOc1cccc(C2C(C(=O)c3ccco3)=C(O)C(=O)N2CCCOC)c1. The van der Waals surface area contributed by atoms with Gasteiger partial charge in [-0.3, -0.25) is 9.59 Å². The molecule has 0 bridgehead atoms. The molecule has 1 amide bonds. The first-order valence-electron chi connectivity index (χ1n) is 10.6. The molecular weight excluding hydrogens is 398 g/mol. The van der Waals surface area contributed by atoms with E-state index in [9.17, 15) is 14.7 Å². The van der Waals surface area contributed by atoms with Crippen molar-refractivity contribution < 1.29 is 28.6 Å². The number of hydrogen-bond donors (Lipinski definition) is 1. The highest BCUT2D eigenvalue weighted by Crippen LogP contribution is 2.40. The molecule has 0 fully saturated rings. The van der Waals surface area contributed by atoms with Crippen LogP contribution in [0.3, 0.4) is 0 Å². The number of Topliss-reactive ketones (excluding diaryl/α,β-unsaturated/α-hetero) is 1. The van der Waals surface area contributed by atoms with Crippen LogP contribution in [0.4, 0.5) is 0 Å². The number of ether oxygens (including phenoxy) is 2. The Kier molecular flexibility index (Phi) is 7.89. The van der Waals surface area contributed by atoms with E-state index in [4.69, 9.17) is 13.9 Å². The van der Waals surface area contributed by atoms with Crippen LogP contribution in [0.2, 0.25) is 0 Å². The average molecular weight is 427 g/mol. The van der Waals surface area contributed by atoms with E-state index in [1.165, 1.54) is 17.2 Å². The summed E-state index contributed by atoms with van der Waals surface area (Å²) in [4.78, 5) is 27.5. The van der Waals surface area contributed by atoms with Crippen LogP contribution in [0.1, 0.15) is 54.8 Å². The molecule has 3 rings (SSSR count). The summed E-state index contributed by atoms with van der Waals surface area (Å²) in [5, 5.41) is 10.6. The highest BCUT2D eigenvalue weighted by Gasteiger charge is 2.44. The van der Waals surface area contributed by atoms with Crippen LogP contribution in [-0.4, -0.2) is 48.6 Å². The van der Waals surface area contributed by atoms with Gasteiger partial charge in [-0.05, 0) is 42.7 Å². The molecule has 0 radical (unpaired) electrons. The van der Waals surface area contributed by atoms with Crippen LogP contribution in [0.5, 0.6) is 5.75 Å². The van der Waals surface area contributed by atoms with E-state index in [0.717, 1.165) is 19.3 Å². The van der Waals surface area contributed by atoms with Crippen LogP contribution < -0.4 is 4.74 Å². The number of furan rings is 1. The maximum absolute atomic E-state index is 13.1. The average Bonchev–Trinajstić information content (AvgIpc) is 3.40. The van der Waals surface area contributed by atoms with Crippen molar-refractivity contribution in [3.05, 3.63) is 65.3 Å². The Morgan fingerprint density at radius 2 is 2.00 bits per heavy atom. The maximum atomic E-state index is 13.1. The fourth-order valence-electron chi connectivity index (χ4n) is 3.70. The predicted octanol–water partition coefficient (Wildman–Crippen LogP) is 4.46. The minimum atomic E-state index is -0.735. The van der Waals surface area contributed by atoms with Gasteiger partial charge >= 0.3 is 0 Å². The number of ketones is 1. The van der Waals surface area contributed by atoms with Crippen LogP contribution in [0.25, 0.3) is 0 Å². The Hall–Kier alpha value is -3.06. The number of rotatable bonds is 12. The summed E-state index contributed by atoms with van der Waals surface area (Å²) in [6, 6.07) is 9.70. The lowest BCUT2D eigenvalue weighted by molar-refractivity contribution is -0.129. The van der Waals surface area contributed by atoms with Gasteiger partial charge < -0.3 is 23.9 Å². The third kappa shape index (κ3) is 5.17. The Labute approximate surface area is 182 Å². The smallest absolute Gasteiger partial charge is 0.290 e. The van der Waals surface area contributed by atoms with Crippen molar-refractivity contribution in [3.63, 3.8) is 0 Å². The Bertz CT molecular complexity index is 918. The lowest BCUT2D eigenvalue weighted by atomic mass is 9.95. The number of carbonyl (C=O) groups excluding carboxylic acids is 2. The third-order valence-electron chi connectivity index (χ3n) is 5.23. The number of unbranched alkanes of at least 4 members (excludes halogenated alkanes) is 2. The molecule has 7 nitrogen and oxygen atoms in total. The van der Waals surface area contributed by atoms with Gasteiger partial charge in [-0.15, -0.1) is 0 Å². The molecule has 1 unspecified atom stereocenters. The van der Waals surface area contributed by atoms with Crippen LogP contribution >= 0.6 is 0 Å². The fourth-order valence-corrected chi connectivity index (χ4v) is 3.70. The van der Waals surface area contributed by atoms with Gasteiger partial charge in [0.2, 0.25) is 5.78 Å². The van der Waals surface area contributed by atoms with Gasteiger partial charge in [-0.1, -0.05) is 31.9 Å². The lowest BCUT2D eigenvalue weighted by Crippen LogP contribution is -2.32. The van der Waals surface area contributed by atoms with Crippen molar-refractivity contribution in [3.8, 4) is 5.75 Å². The highest BCUT2D eigenvalue weighted by molar-refractivity contribution is 6.15. The number of nitrogens with zero attached hydrogens (tertiary/aromatic N) is 1. The monoisotopic (exact) mass is 427 g/mol. The number of amides is 1. The zero-order chi connectivity index (χ0) is 22.2. The van der Waals surface area contributed by atoms with Crippen LogP contribution in [0.15, 0.2) is 58.4 Å². The highest BCUT2D eigenvalue weighted by atomic mass is 16.5. The van der Waals surface area contributed by atoms with E-state index in [-0.39, 0.29) is 11.3 Å². The standard InChI is InChI=1S/C24H29NO6/c1-3-4-5-14-30-18-10-6-9-17(16-18)21-20(22(26)19-11-7-15-31-19)23(27)24(28)25(21)12-8-13-29-2/h6-7,9-11,15-16,21,27H,3-5,8,12-14H2,1-2H3.